The molecule has 0 fully saturated rings. The van der Waals surface area contributed by atoms with Crippen molar-refractivity contribution in [3.63, 3.8) is 0 Å². The molecule has 0 atom stereocenters. The van der Waals surface area contributed by atoms with Gasteiger partial charge in [-0.2, -0.15) is 0 Å². The van der Waals surface area contributed by atoms with E-state index in [1.54, 1.807) is 19.2 Å². The predicted octanol–water partition coefficient (Wildman–Crippen LogP) is 2.56. The smallest absolute Gasteiger partial charge is 0.336 e. The van der Waals surface area contributed by atoms with E-state index in [2.05, 4.69) is 0 Å². The van der Waals surface area contributed by atoms with Gasteiger partial charge in [0.2, 0.25) is 5.75 Å². The van der Waals surface area contributed by atoms with Gasteiger partial charge in [0.15, 0.2) is 0 Å². The Labute approximate surface area is 102 Å². The maximum Gasteiger partial charge on any atom is 0.336 e. The molecule has 0 saturated carbocycles. The van der Waals surface area contributed by atoms with Crippen LogP contribution in [0.3, 0.4) is 0 Å². The van der Waals surface area contributed by atoms with Gasteiger partial charge in [-0.15, -0.1) is 0 Å². The van der Waals surface area contributed by atoms with Crippen molar-refractivity contribution in [2.24, 2.45) is 0 Å². The average molecular weight is 246 g/mol. The van der Waals surface area contributed by atoms with Gasteiger partial charge in [-0.25, -0.2) is 4.79 Å². The molecule has 0 aliphatic carbocycles. The molecule has 2 aromatic heterocycles. The monoisotopic (exact) mass is 246 g/mol. The molecule has 0 spiro atoms. The van der Waals surface area contributed by atoms with Crippen molar-refractivity contribution in [2.45, 2.75) is 0 Å². The lowest BCUT2D eigenvalue weighted by atomic mass is 10.2. The van der Waals surface area contributed by atoms with Gasteiger partial charge in [0.25, 0.3) is 0 Å². The van der Waals surface area contributed by atoms with E-state index in [1.807, 2.05) is 6.07 Å². The second-order valence-electron chi connectivity index (χ2n) is 3.77. The van der Waals surface area contributed by atoms with Crippen LogP contribution in [-0.2, 0) is 0 Å². The topological polar surface area (TPSA) is 61.8 Å². The Hall–Kier alpha value is -2.43. The van der Waals surface area contributed by atoms with Crippen LogP contribution in [0.4, 0.5) is 0 Å². The molecule has 3 aromatic rings. The third-order valence-corrected chi connectivity index (χ3v) is 2.74. The first-order valence-corrected chi connectivity index (χ1v) is 5.31. The molecule has 0 amide bonds. The van der Waals surface area contributed by atoms with Gasteiger partial charge in [-0.3, -0.25) is 0 Å². The van der Waals surface area contributed by atoms with Crippen LogP contribution in [0.5, 0.6) is 11.7 Å². The van der Waals surface area contributed by atoms with Crippen LogP contribution in [0.25, 0.3) is 21.9 Å². The van der Waals surface area contributed by atoms with Gasteiger partial charge in [0, 0.05) is 17.5 Å². The molecule has 0 saturated heterocycles. The Bertz CT molecular complexity index is 781. The molecule has 0 bridgehead atoms. The molecule has 1 aromatic carbocycles. The van der Waals surface area contributed by atoms with E-state index in [0.717, 1.165) is 10.8 Å². The molecule has 2 heterocycles. The van der Waals surface area contributed by atoms with E-state index in [-0.39, 0.29) is 0 Å². The molecule has 0 N–H and O–H groups in total. The summed E-state index contributed by atoms with van der Waals surface area (Å²) < 4.78 is 20.9. The van der Waals surface area contributed by atoms with Crippen molar-refractivity contribution >= 4 is 21.9 Å². The summed E-state index contributed by atoms with van der Waals surface area (Å²) in [5.41, 5.74) is 0.618. The van der Waals surface area contributed by atoms with E-state index < -0.39 is 5.63 Å². The van der Waals surface area contributed by atoms with E-state index in [0.29, 0.717) is 22.9 Å². The molecular formula is C13H10O5. The van der Waals surface area contributed by atoms with Crippen LogP contribution in [0.1, 0.15) is 0 Å². The highest BCUT2D eigenvalue weighted by molar-refractivity contribution is 5.97. The standard InChI is InChI=1S/C13H10O5/c1-15-12-8-5-7-3-4-11(14)17-9(7)6-10(8)18-13(12)16-2/h3-6H,1-2H3. The lowest BCUT2D eigenvalue weighted by molar-refractivity contribution is 0.287. The lowest BCUT2D eigenvalue weighted by Gasteiger charge is -1.98. The number of fused-ring (bicyclic) bond motifs is 2. The summed E-state index contributed by atoms with van der Waals surface area (Å²) in [6, 6.07) is 6.55. The first-order valence-electron chi connectivity index (χ1n) is 5.31. The summed E-state index contributed by atoms with van der Waals surface area (Å²) in [6.45, 7) is 0. The number of rotatable bonds is 2. The lowest BCUT2D eigenvalue weighted by Crippen LogP contribution is -1.93. The molecule has 5 nitrogen and oxygen atoms in total. The Morgan fingerprint density at radius 2 is 1.83 bits per heavy atom. The van der Waals surface area contributed by atoms with Crippen molar-refractivity contribution < 1.29 is 18.3 Å². The van der Waals surface area contributed by atoms with Crippen LogP contribution in [-0.4, -0.2) is 14.2 Å². The van der Waals surface area contributed by atoms with E-state index in [9.17, 15) is 4.79 Å². The maximum atomic E-state index is 11.2. The van der Waals surface area contributed by atoms with Gasteiger partial charge in [0.1, 0.15) is 11.2 Å². The third kappa shape index (κ3) is 1.44. The van der Waals surface area contributed by atoms with Crippen molar-refractivity contribution in [1.29, 1.82) is 0 Å². The fourth-order valence-corrected chi connectivity index (χ4v) is 1.94. The fourth-order valence-electron chi connectivity index (χ4n) is 1.94. The second-order valence-corrected chi connectivity index (χ2v) is 3.77. The number of hydrogen-bond donors (Lipinski definition) is 0. The SMILES string of the molecule is COc1oc2cc3oc(=O)ccc3cc2c1OC. The van der Waals surface area contributed by atoms with Crippen molar-refractivity contribution in [1.82, 2.24) is 0 Å². The van der Waals surface area contributed by atoms with Crippen LogP contribution in [0.15, 0.2) is 37.9 Å². The maximum absolute atomic E-state index is 11.2. The molecule has 92 valence electrons. The quantitative estimate of drug-likeness (QED) is 0.650. The van der Waals surface area contributed by atoms with Crippen LogP contribution in [0.2, 0.25) is 0 Å². The molecule has 0 unspecified atom stereocenters. The summed E-state index contributed by atoms with van der Waals surface area (Å²) in [4.78, 5) is 11.2. The summed E-state index contributed by atoms with van der Waals surface area (Å²) in [6.07, 6.45) is 0. The van der Waals surface area contributed by atoms with Gasteiger partial charge in [0.05, 0.1) is 19.6 Å². The minimum absolute atomic E-state index is 0.296. The van der Waals surface area contributed by atoms with Crippen molar-refractivity contribution in [3.8, 4) is 11.7 Å². The zero-order valence-electron chi connectivity index (χ0n) is 9.85. The molecule has 3 rings (SSSR count). The summed E-state index contributed by atoms with van der Waals surface area (Å²) >= 11 is 0. The minimum Gasteiger partial charge on any atom is -0.489 e. The highest BCUT2D eigenvalue weighted by Gasteiger charge is 2.16. The Morgan fingerprint density at radius 1 is 1.00 bits per heavy atom. The molecular weight excluding hydrogens is 236 g/mol. The van der Waals surface area contributed by atoms with E-state index in [1.165, 1.54) is 13.2 Å². The van der Waals surface area contributed by atoms with Crippen LogP contribution >= 0.6 is 0 Å². The van der Waals surface area contributed by atoms with Gasteiger partial charge >= 0.3 is 11.6 Å². The zero-order chi connectivity index (χ0) is 12.7. The summed E-state index contributed by atoms with van der Waals surface area (Å²) in [5.74, 6) is 0.825. The summed E-state index contributed by atoms with van der Waals surface area (Å²) in [5, 5.41) is 1.57. The number of methoxy groups -OCH3 is 2. The Kier molecular flexibility index (Phi) is 2.26. The van der Waals surface area contributed by atoms with E-state index in [4.69, 9.17) is 18.3 Å². The molecule has 5 heteroatoms. The molecule has 0 aliphatic heterocycles. The third-order valence-electron chi connectivity index (χ3n) is 2.74. The van der Waals surface area contributed by atoms with Crippen LogP contribution < -0.4 is 15.1 Å². The Balaban J connectivity index is 2.42. The second kappa shape index (κ2) is 3.80. The fraction of sp³-hybridized carbons (Fsp3) is 0.154. The minimum atomic E-state index is -0.396. The highest BCUT2D eigenvalue weighted by atomic mass is 16.6. The van der Waals surface area contributed by atoms with E-state index >= 15 is 0 Å². The summed E-state index contributed by atoms with van der Waals surface area (Å²) in [7, 11) is 3.04. The largest absolute Gasteiger partial charge is 0.489 e. The van der Waals surface area contributed by atoms with Crippen molar-refractivity contribution in [3.05, 3.63) is 34.7 Å². The van der Waals surface area contributed by atoms with Crippen LogP contribution in [0, 0.1) is 0 Å². The predicted molar refractivity (Wildman–Crippen MR) is 65.4 cm³/mol. The molecule has 0 radical (unpaired) electrons. The zero-order valence-corrected chi connectivity index (χ0v) is 9.85. The average Bonchev–Trinajstić information content (AvgIpc) is 2.72. The number of benzene rings is 1. The normalized spacial score (nSPS) is 11.0. The first kappa shape index (κ1) is 10.7. The van der Waals surface area contributed by atoms with Crippen molar-refractivity contribution in [2.75, 3.05) is 14.2 Å². The number of furan rings is 1. The molecule has 18 heavy (non-hydrogen) atoms. The van der Waals surface area contributed by atoms with Gasteiger partial charge in [-0.05, 0) is 12.1 Å². The highest BCUT2D eigenvalue weighted by Crippen LogP contribution is 2.40. The van der Waals surface area contributed by atoms with Gasteiger partial charge in [-0.1, -0.05) is 0 Å². The number of hydrogen-bond acceptors (Lipinski definition) is 5. The van der Waals surface area contributed by atoms with Gasteiger partial charge < -0.3 is 18.3 Å². The Morgan fingerprint density at radius 3 is 2.56 bits per heavy atom. The number of ether oxygens (including phenoxy) is 2. The molecule has 0 aliphatic rings. The first-order chi connectivity index (χ1) is 8.72.